The molecule has 0 saturated carbocycles. The van der Waals surface area contributed by atoms with E-state index < -0.39 is 28.1 Å². The largest absolute Gasteiger partial charge is 0.457 e. The van der Waals surface area contributed by atoms with Gasteiger partial charge >= 0.3 is 6.18 Å². The van der Waals surface area contributed by atoms with Crippen LogP contribution >= 0.6 is 0 Å². The van der Waals surface area contributed by atoms with Gasteiger partial charge in [0.1, 0.15) is 17.1 Å². The van der Waals surface area contributed by atoms with Crippen molar-refractivity contribution in [1.29, 1.82) is 0 Å². The molecule has 0 aliphatic carbocycles. The van der Waals surface area contributed by atoms with E-state index in [1.54, 1.807) is 18.2 Å². The number of para-hydroxylation sites is 1. The highest BCUT2D eigenvalue weighted by molar-refractivity contribution is 5.47. The normalized spacial score (nSPS) is 11.2. The summed E-state index contributed by atoms with van der Waals surface area (Å²) >= 11 is 0. The Hall–Kier alpha value is -2.57. The van der Waals surface area contributed by atoms with E-state index in [0.717, 1.165) is 12.1 Å². The molecule has 0 aliphatic heterocycles. The lowest BCUT2D eigenvalue weighted by Gasteiger charge is -2.13. The molecule has 0 N–H and O–H groups in total. The Balaban J connectivity index is 2.45. The molecule has 0 radical (unpaired) electrons. The molecule has 0 aliphatic rings. The van der Waals surface area contributed by atoms with Crippen LogP contribution in [-0.2, 0) is 6.18 Å². The molecule has 0 atom stereocenters. The van der Waals surface area contributed by atoms with Crippen LogP contribution in [0, 0.1) is 10.1 Å². The van der Waals surface area contributed by atoms with Gasteiger partial charge in [-0.05, 0) is 18.2 Å². The third kappa shape index (κ3) is 3.05. The van der Waals surface area contributed by atoms with Gasteiger partial charge in [0.25, 0.3) is 5.69 Å². The predicted molar refractivity (Wildman–Crippen MR) is 64.6 cm³/mol. The number of benzene rings is 2. The van der Waals surface area contributed by atoms with Crippen LogP contribution in [0.3, 0.4) is 0 Å². The lowest BCUT2D eigenvalue weighted by atomic mass is 10.1. The fourth-order valence-electron chi connectivity index (χ4n) is 1.56. The average molecular weight is 283 g/mol. The van der Waals surface area contributed by atoms with Crippen molar-refractivity contribution in [3.05, 3.63) is 64.2 Å². The molecule has 104 valence electrons. The molecule has 2 aromatic carbocycles. The van der Waals surface area contributed by atoms with Crippen molar-refractivity contribution in [1.82, 2.24) is 0 Å². The summed E-state index contributed by atoms with van der Waals surface area (Å²) in [6.45, 7) is 0. The van der Waals surface area contributed by atoms with Crippen LogP contribution in [0.2, 0.25) is 0 Å². The number of non-ortho nitro benzene ring substituents is 1. The number of nitro groups is 1. The Bertz CT molecular complexity index is 627. The van der Waals surface area contributed by atoms with Gasteiger partial charge in [0.2, 0.25) is 0 Å². The maximum atomic E-state index is 12.9. The van der Waals surface area contributed by atoms with Crippen molar-refractivity contribution in [2.24, 2.45) is 0 Å². The second-order valence-electron chi connectivity index (χ2n) is 3.85. The minimum absolute atomic E-state index is 0.215. The Morgan fingerprint density at radius 3 is 2.25 bits per heavy atom. The third-order valence-electron chi connectivity index (χ3n) is 2.45. The zero-order chi connectivity index (χ0) is 14.8. The quantitative estimate of drug-likeness (QED) is 0.619. The van der Waals surface area contributed by atoms with Gasteiger partial charge in [-0.2, -0.15) is 13.2 Å². The van der Waals surface area contributed by atoms with E-state index >= 15 is 0 Å². The first kappa shape index (κ1) is 13.9. The fourth-order valence-corrected chi connectivity index (χ4v) is 1.56. The number of ether oxygens (including phenoxy) is 1. The third-order valence-corrected chi connectivity index (χ3v) is 2.45. The number of nitrogens with zero attached hydrogens (tertiary/aromatic N) is 1. The van der Waals surface area contributed by atoms with Crippen molar-refractivity contribution < 1.29 is 22.8 Å². The van der Waals surface area contributed by atoms with Crippen LogP contribution in [0.4, 0.5) is 18.9 Å². The minimum Gasteiger partial charge on any atom is -0.457 e. The molecule has 7 heteroatoms. The molecule has 0 amide bonds. The van der Waals surface area contributed by atoms with Gasteiger partial charge < -0.3 is 4.74 Å². The Labute approximate surface area is 111 Å². The van der Waals surface area contributed by atoms with Crippen molar-refractivity contribution >= 4 is 5.69 Å². The fraction of sp³-hybridized carbons (Fsp3) is 0.0769. The second kappa shape index (κ2) is 5.20. The predicted octanol–water partition coefficient (Wildman–Crippen LogP) is 4.41. The van der Waals surface area contributed by atoms with Gasteiger partial charge in [0, 0.05) is 12.1 Å². The summed E-state index contributed by atoms with van der Waals surface area (Å²) in [5, 5.41) is 10.5. The summed E-state index contributed by atoms with van der Waals surface area (Å²) in [6, 6.07) is 10.2. The maximum absolute atomic E-state index is 12.9. The van der Waals surface area contributed by atoms with Crippen LogP contribution in [0.1, 0.15) is 5.56 Å². The molecule has 0 aromatic heterocycles. The number of hydrogen-bond acceptors (Lipinski definition) is 3. The van der Waals surface area contributed by atoms with E-state index in [-0.39, 0.29) is 5.75 Å². The number of halogens is 3. The topological polar surface area (TPSA) is 52.4 Å². The molecule has 0 fully saturated rings. The van der Waals surface area contributed by atoms with E-state index in [0.29, 0.717) is 6.07 Å². The van der Waals surface area contributed by atoms with E-state index in [9.17, 15) is 23.3 Å². The Morgan fingerprint density at radius 2 is 1.70 bits per heavy atom. The summed E-state index contributed by atoms with van der Waals surface area (Å²) in [6.07, 6.45) is -4.74. The van der Waals surface area contributed by atoms with E-state index in [1.165, 1.54) is 12.1 Å². The first-order valence-corrected chi connectivity index (χ1v) is 5.46. The van der Waals surface area contributed by atoms with Crippen LogP contribution in [-0.4, -0.2) is 4.92 Å². The van der Waals surface area contributed by atoms with E-state index in [1.807, 2.05) is 0 Å². The lowest BCUT2D eigenvalue weighted by molar-refractivity contribution is -0.385. The highest BCUT2D eigenvalue weighted by Crippen LogP contribution is 2.39. The molecule has 0 bridgehead atoms. The molecule has 0 unspecified atom stereocenters. The zero-order valence-electron chi connectivity index (χ0n) is 9.92. The average Bonchev–Trinajstić information content (AvgIpc) is 2.39. The summed E-state index contributed by atoms with van der Waals surface area (Å²) in [5.74, 6) is -0.263. The number of hydrogen-bond donors (Lipinski definition) is 0. The van der Waals surface area contributed by atoms with E-state index in [4.69, 9.17) is 4.74 Å². The van der Waals surface area contributed by atoms with Crippen molar-refractivity contribution in [2.75, 3.05) is 0 Å². The van der Waals surface area contributed by atoms with Crippen LogP contribution in [0.25, 0.3) is 0 Å². The molecule has 0 heterocycles. The molecular weight excluding hydrogens is 275 g/mol. The zero-order valence-corrected chi connectivity index (χ0v) is 9.92. The number of alkyl halides is 3. The first-order chi connectivity index (χ1) is 9.38. The lowest BCUT2D eigenvalue weighted by Crippen LogP contribution is -2.08. The molecule has 0 saturated heterocycles. The number of nitro benzene ring substituents is 1. The van der Waals surface area contributed by atoms with Crippen molar-refractivity contribution in [2.45, 2.75) is 6.18 Å². The maximum Gasteiger partial charge on any atom is 0.420 e. The molecule has 2 aromatic rings. The van der Waals surface area contributed by atoms with E-state index in [2.05, 4.69) is 0 Å². The first-order valence-electron chi connectivity index (χ1n) is 5.46. The Morgan fingerprint density at radius 1 is 1.05 bits per heavy atom. The Kier molecular flexibility index (Phi) is 3.60. The number of rotatable bonds is 3. The SMILES string of the molecule is O=[N+]([O-])c1ccc(Oc2ccccc2)c(C(F)(F)F)c1. The molecule has 4 nitrogen and oxygen atoms in total. The summed E-state index contributed by atoms with van der Waals surface area (Å²) in [7, 11) is 0. The molecule has 2 rings (SSSR count). The van der Waals surface area contributed by atoms with Crippen molar-refractivity contribution in [3.8, 4) is 11.5 Å². The van der Waals surface area contributed by atoms with Gasteiger partial charge in [0.15, 0.2) is 0 Å². The summed E-state index contributed by atoms with van der Waals surface area (Å²) in [5.41, 5.74) is -1.83. The van der Waals surface area contributed by atoms with Gasteiger partial charge in [-0.3, -0.25) is 10.1 Å². The highest BCUT2D eigenvalue weighted by atomic mass is 19.4. The summed E-state index contributed by atoms with van der Waals surface area (Å²) in [4.78, 5) is 9.66. The van der Waals surface area contributed by atoms with Crippen LogP contribution < -0.4 is 4.74 Å². The standard InChI is InChI=1S/C13H8F3NO3/c14-13(15,16)11-8-9(17(18)19)6-7-12(11)20-10-4-2-1-3-5-10/h1-8H. The molecular formula is C13H8F3NO3. The van der Waals surface area contributed by atoms with Gasteiger partial charge in [-0.15, -0.1) is 0 Å². The van der Waals surface area contributed by atoms with Crippen LogP contribution in [0.5, 0.6) is 11.5 Å². The monoisotopic (exact) mass is 283 g/mol. The molecule has 20 heavy (non-hydrogen) atoms. The van der Waals surface area contributed by atoms with Gasteiger partial charge in [0.05, 0.1) is 4.92 Å². The van der Waals surface area contributed by atoms with Gasteiger partial charge in [-0.1, -0.05) is 18.2 Å². The smallest absolute Gasteiger partial charge is 0.420 e. The van der Waals surface area contributed by atoms with Gasteiger partial charge in [-0.25, -0.2) is 0 Å². The summed E-state index contributed by atoms with van der Waals surface area (Å²) < 4.78 is 43.8. The molecule has 0 spiro atoms. The van der Waals surface area contributed by atoms with Crippen molar-refractivity contribution in [3.63, 3.8) is 0 Å². The second-order valence-corrected chi connectivity index (χ2v) is 3.85. The highest BCUT2D eigenvalue weighted by Gasteiger charge is 2.36. The minimum atomic E-state index is -4.74. The van der Waals surface area contributed by atoms with Crippen LogP contribution in [0.15, 0.2) is 48.5 Å².